The van der Waals surface area contributed by atoms with Crippen LogP contribution in [0.15, 0.2) is 23.0 Å². The van der Waals surface area contributed by atoms with Crippen molar-refractivity contribution < 1.29 is 4.52 Å². The summed E-state index contributed by atoms with van der Waals surface area (Å²) in [6.45, 7) is 2.04. The number of aromatic nitrogens is 4. The smallest absolute Gasteiger partial charge is 0.229 e. The molecule has 2 aromatic heterocycles. The molecule has 6 nitrogen and oxygen atoms in total. The van der Waals surface area contributed by atoms with Crippen molar-refractivity contribution in [2.45, 2.75) is 51.0 Å². The molecule has 0 saturated heterocycles. The second kappa shape index (κ2) is 5.98. The molecular weight excluding hydrogens is 254 g/mol. The third kappa shape index (κ3) is 2.95. The van der Waals surface area contributed by atoms with Crippen LogP contribution in [0, 0.1) is 0 Å². The molecule has 1 aliphatic rings. The molecule has 20 heavy (non-hydrogen) atoms. The Morgan fingerprint density at radius 1 is 1.20 bits per heavy atom. The molecule has 1 fully saturated rings. The van der Waals surface area contributed by atoms with Crippen molar-refractivity contribution in [1.82, 2.24) is 20.1 Å². The maximum absolute atomic E-state index is 5.34. The third-order valence-electron chi connectivity index (χ3n) is 3.78. The quantitative estimate of drug-likeness (QED) is 0.922. The van der Waals surface area contributed by atoms with E-state index in [2.05, 4.69) is 25.4 Å². The first-order valence-corrected chi connectivity index (χ1v) is 7.21. The maximum Gasteiger partial charge on any atom is 0.229 e. The lowest BCUT2D eigenvalue weighted by Gasteiger charge is -2.27. The van der Waals surface area contributed by atoms with E-state index in [0.717, 1.165) is 43.8 Å². The van der Waals surface area contributed by atoms with Gasteiger partial charge in [-0.1, -0.05) is 12.1 Å². The molecule has 1 saturated carbocycles. The summed E-state index contributed by atoms with van der Waals surface area (Å²) >= 11 is 0. The third-order valence-corrected chi connectivity index (χ3v) is 3.78. The first kappa shape index (κ1) is 13.0. The normalized spacial score (nSPS) is 22.6. The number of hydrogen-bond donors (Lipinski definition) is 1. The van der Waals surface area contributed by atoms with Gasteiger partial charge in [0.1, 0.15) is 0 Å². The lowest BCUT2D eigenvalue weighted by Crippen LogP contribution is -2.26. The molecule has 0 aliphatic heterocycles. The van der Waals surface area contributed by atoms with Crippen molar-refractivity contribution in [2.75, 3.05) is 5.32 Å². The van der Waals surface area contributed by atoms with E-state index in [1.54, 1.807) is 12.4 Å². The highest BCUT2D eigenvalue weighted by Crippen LogP contribution is 2.32. The van der Waals surface area contributed by atoms with E-state index in [-0.39, 0.29) is 0 Å². The van der Waals surface area contributed by atoms with Gasteiger partial charge in [-0.15, -0.1) is 0 Å². The van der Waals surface area contributed by atoms with E-state index in [1.165, 1.54) is 0 Å². The van der Waals surface area contributed by atoms with Gasteiger partial charge in [0.25, 0.3) is 0 Å². The highest BCUT2D eigenvalue weighted by Gasteiger charge is 2.26. The van der Waals surface area contributed by atoms with Crippen LogP contribution >= 0.6 is 0 Å². The van der Waals surface area contributed by atoms with Gasteiger partial charge >= 0.3 is 0 Å². The van der Waals surface area contributed by atoms with Gasteiger partial charge in [0.2, 0.25) is 11.8 Å². The van der Waals surface area contributed by atoms with E-state index in [1.807, 2.05) is 13.0 Å². The first-order valence-electron chi connectivity index (χ1n) is 7.21. The predicted molar refractivity (Wildman–Crippen MR) is 74.3 cm³/mol. The Balaban J connectivity index is 1.54. The van der Waals surface area contributed by atoms with Crippen molar-refractivity contribution in [3.63, 3.8) is 0 Å². The lowest BCUT2D eigenvalue weighted by atomic mass is 9.86. The topological polar surface area (TPSA) is 76.7 Å². The van der Waals surface area contributed by atoms with Crippen LogP contribution in [0.3, 0.4) is 0 Å². The highest BCUT2D eigenvalue weighted by atomic mass is 16.5. The summed E-state index contributed by atoms with van der Waals surface area (Å²) in [4.78, 5) is 12.8. The van der Waals surface area contributed by atoms with Crippen molar-refractivity contribution >= 4 is 5.95 Å². The van der Waals surface area contributed by atoms with Crippen molar-refractivity contribution in [3.05, 3.63) is 30.2 Å². The first-order chi connectivity index (χ1) is 9.85. The summed E-state index contributed by atoms with van der Waals surface area (Å²) in [5.41, 5.74) is 0. The molecular formula is C14H19N5O. The van der Waals surface area contributed by atoms with E-state index in [0.29, 0.717) is 17.9 Å². The summed E-state index contributed by atoms with van der Waals surface area (Å²) in [5.74, 6) is 2.72. The minimum Gasteiger partial charge on any atom is -0.351 e. The second-order valence-corrected chi connectivity index (χ2v) is 5.17. The van der Waals surface area contributed by atoms with Crippen LogP contribution < -0.4 is 5.32 Å². The van der Waals surface area contributed by atoms with Crippen LogP contribution in [0.25, 0.3) is 0 Å². The Hall–Kier alpha value is -1.98. The standard InChI is InChI=1S/C14H19N5O/c1-2-12-18-13(20-19-12)10-4-6-11(7-5-10)17-14-15-8-3-9-16-14/h3,8-11H,2,4-7H2,1H3,(H,15,16,17). The molecule has 106 valence electrons. The molecule has 0 bridgehead atoms. The Kier molecular flexibility index (Phi) is 3.90. The fourth-order valence-electron chi connectivity index (χ4n) is 2.62. The summed E-state index contributed by atoms with van der Waals surface area (Å²) in [5, 5.41) is 7.36. The van der Waals surface area contributed by atoms with E-state index in [4.69, 9.17) is 4.52 Å². The Morgan fingerprint density at radius 3 is 2.60 bits per heavy atom. The largest absolute Gasteiger partial charge is 0.351 e. The van der Waals surface area contributed by atoms with Gasteiger partial charge < -0.3 is 9.84 Å². The number of nitrogens with one attached hydrogen (secondary N) is 1. The monoisotopic (exact) mass is 273 g/mol. The summed E-state index contributed by atoms with van der Waals surface area (Å²) < 4.78 is 5.34. The van der Waals surface area contributed by atoms with Gasteiger partial charge in [0.05, 0.1) is 0 Å². The zero-order valence-electron chi connectivity index (χ0n) is 11.6. The van der Waals surface area contributed by atoms with Crippen molar-refractivity contribution in [1.29, 1.82) is 0 Å². The maximum atomic E-state index is 5.34. The van der Waals surface area contributed by atoms with Crippen LogP contribution in [-0.4, -0.2) is 26.2 Å². The van der Waals surface area contributed by atoms with Crippen LogP contribution in [0.1, 0.15) is 50.2 Å². The predicted octanol–water partition coefficient (Wildman–Crippen LogP) is 2.56. The van der Waals surface area contributed by atoms with E-state index >= 15 is 0 Å². The van der Waals surface area contributed by atoms with Crippen LogP contribution in [0.4, 0.5) is 5.95 Å². The minimum atomic E-state index is 0.401. The van der Waals surface area contributed by atoms with Crippen LogP contribution in [0.5, 0.6) is 0 Å². The molecule has 2 aromatic rings. The average molecular weight is 273 g/mol. The number of anilines is 1. The zero-order valence-corrected chi connectivity index (χ0v) is 11.6. The molecule has 1 N–H and O–H groups in total. The van der Waals surface area contributed by atoms with Gasteiger partial charge in [-0.25, -0.2) is 9.97 Å². The molecule has 0 aromatic carbocycles. The summed E-state index contributed by atoms with van der Waals surface area (Å²) in [6, 6.07) is 2.26. The molecule has 2 heterocycles. The van der Waals surface area contributed by atoms with E-state index < -0.39 is 0 Å². The SMILES string of the molecule is CCc1noc(C2CCC(Nc3ncccn3)CC2)n1. The van der Waals surface area contributed by atoms with Crippen molar-refractivity contribution in [3.8, 4) is 0 Å². The molecule has 0 atom stereocenters. The Bertz CT molecular complexity index is 534. The van der Waals surface area contributed by atoms with Gasteiger partial charge in [-0.2, -0.15) is 4.98 Å². The van der Waals surface area contributed by atoms with E-state index in [9.17, 15) is 0 Å². The Morgan fingerprint density at radius 2 is 1.95 bits per heavy atom. The van der Waals surface area contributed by atoms with Gasteiger partial charge in [0.15, 0.2) is 5.82 Å². The van der Waals surface area contributed by atoms with Crippen molar-refractivity contribution in [2.24, 2.45) is 0 Å². The second-order valence-electron chi connectivity index (χ2n) is 5.17. The number of hydrogen-bond acceptors (Lipinski definition) is 6. The zero-order chi connectivity index (χ0) is 13.8. The molecule has 0 spiro atoms. The highest BCUT2D eigenvalue weighted by molar-refractivity contribution is 5.24. The van der Waals surface area contributed by atoms with Gasteiger partial charge in [-0.05, 0) is 31.7 Å². The number of rotatable bonds is 4. The molecule has 0 unspecified atom stereocenters. The van der Waals surface area contributed by atoms with Crippen LogP contribution in [0.2, 0.25) is 0 Å². The minimum absolute atomic E-state index is 0.401. The number of nitrogens with zero attached hydrogens (tertiary/aromatic N) is 4. The molecule has 3 rings (SSSR count). The summed E-state index contributed by atoms with van der Waals surface area (Å²) in [7, 11) is 0. The molecule has 0 radical (unpaired) electrons. The molecule has 6 heteroatoms. The fourth-order valence-corrected chi connectivity index (χ4v) is 2.62. The van der Waals surface area contributed by atoms with Gasteiger partial charge in [-0.3, -0.25) is 0 Å². The lowest BCUT2D eigenvalue weighted by molar-refractivity contribution is 0.304. The molecule has 0 amide bonds. The Labute approximate surface area is 118 Å². The fraction of sp³-hybridized carbons (Fsp3) is 0.571. The average Bonchev–Trinajstić information content (AvgIpc) is 2.98. The summed E-state index contributed by atoms with van der Waals surface area (Å²) in [6.07, 6.45) is 8.62. The molecule has 1 aliphatic carbocycles. The van der Waals surface area contributed by atoms with Crippen LogP contribution in [-0.2, 0) is 6.42 Å². The van der Waals surface area contributed by atoms with Gasteiger partial charge in [0, 0.05) is 30.8 Å². The number of aryl methyl sites for hydroxylation is 1.